The van der Waals surface area contributed by atoms with Crippen LogP contribution in [0.15, 0.2) is 292 Å². The highest BCUT2D eigenvalue weighted by Gasteiger charge is 2.20. The summed E-state index contributed by atoms with van der Waals surface area (Å²) >= 11 is 0. The summed E-state index contributed by atoms with van der Waals surface area (Å²) in [6.07, 6.45) is 3.16. The lowest BCUT2D eigenvalue weighted by Crippen LogP contribution is -2.14. The number of fused-ring (bicyclic) bond motifs is 2. The van der Waals surface area contributed by atoms with Gasteiger partial charge in [0, 0.05) is 75.3 Å². The first-order chi connectivity index (χ1) is 60.3. The fourth-order valence-electron chi connectivity index (χ4n) is 10.7. The fourth-order valence-corrected chi connectivity index (χ4v) is 10.7. The van der Waals surface area contributed by atoms with Gasteiger partial charge in [-0.25, -0.2) is 51.1 Å². The maximum Gasteiger partial charge on any atom is 0.335 e. The Hall–Kier alpha value is -16.5. The van der Waals surface area contributed by atoms with E-state index in [9.17, 15) is 70.5 Å². The third kappa shape index (κ3) is 30.0. The number of ether oxygens (including phenoxy) is 3. The number of carboxylic acid groups (broad SMARTS) is 4. The number of nitrogens with one attached hydrogen (secondary N) is 4. The number of carbonyl (C=O) groups excluding carboxylic acids is 1. The highest BCUT2D eigenvalue weighted by atomic mass is 19.1. The van der Waals surface area contributed by atoms with E-state index in [1.54, 1.807) is 114 Å². The van der Waals surface area contributed by atoms with Gasteiger partial charge in [-0.1, -0.05) is 91.0 Å². The molecule has 0 spiro atoms. The average Bonchev–Trinajstić information content (AvgIpc) is 1.66. The molecule has 15 rings (SSSR count). The zero-order chi connectivity index (χ0) is 91.9. The van der Waals surface area contributed by atoms with Gasteiger partial charge in [-0.15, -0.1) is 0 Å². The Balaban J connectivity index is 0.000000205. The molecule has 0 bridgehead atoms. The standard InChI is InChI=1S/C23H16FN5O.C14H9FN2O2.C13H9FN2O4.C13H11FN2O2.C7H4FNO4.C7H9N.C6H6FN.C4H10O3.C2H6O/c24-17-7-4-8-18(12-17)29-14-25-20-11-16(9-10-21(20)29)23(30)26-22-13-19(27-28-22)15-5-2-1-3-6-15;15-10-2-1-3-11(7-10)17-8-16-12-6-9(14(18)19)4-5-13(12)17;14-9-2-1-3-10(7-9)15-11-5-4-8(13(17)18)6-12(11)16(19)20;14-9-2-1-3-10(7-9)16-12-5-4-8(13(17)18)6-11(12)15;8-5-2-1-4(7(10)11)3-6(5)9(12)13;8-6-7-4-2-1-3-5-7;7-5-2-1-3-6(8)4-5;1-5-4(6-2)7-3;1-2-3/h1-14H,(H2,26,27,28,30);1-8H,(H,18,19);1-7,15H,(H,17,18);1-7,16H,15H2,(H,17,18);1-3H,(H,10,11);1-5H,6,8H2;1-4H,8H2;4H,1-3H3;3H,2H2,1H3. The highest BCUT2D eigenvalue weighted by molar-refractivity contribution is 6.06. The van der Waals surface area contributed by atoms with Crippen molar-refractivity contribution in [1.29, 1.82) is 0 Å². The van der Waals surface area contributed by atoms with Crippen molar-refractivity contribution in [3.05, 3.63) is 380 Å². The predicted octanol–water partition coefficient (Wildman–Crippen LogP) is 17.9. The predicted molar refractivity (Wildman–Crippen MR) is 461 cm³/mol. The molecule has 15 N–H and O–H groups in total. The molecule has 3 aromatic heterocycles. The summed E-state index contributed by atoms with van der Waals surface area (Å²) in [5.74, 6) is -7.32. The van der Waals surface area contributed by atoms with E-state index in [1.807, 2.05) is 60.7 Å². The normalized spacial score (nSPS) is 10.1. The Bertz CT molecular complexity index is 6170. The molecule has 0 fully saturated rings. The number of aliphatic hydroxyl groups is 1. The SMILES string of the molecule is CCO.COC(OC)OC.NCc1ccccc1.Nc1cc(C(=O)O)ccc1Nc1cccc(F)c1.Nc1cccc(F)c1.O=C(Nc1cc(-c2ccccc2)[nH]n1)c1ccc2c(c1)ncn2-c1cccc(F)c1.O=C(O)c1ccc(F)c([N+](=O)[O-])c1.O=C(O)c1ccc(Nc2cccc(F)c2)c([N+](=O)[O-])c1.O=C(O)c1ccc2c(c1)ncn2-c1cccc(F)c1. The van der Waals surface area contributed by atoms with Crippen molar-refractivity contribution in [3.63, 3.8) is 0 Å². The van der Waals surface area contributed by atoms with Gasteiger partial charge in [-0.2, -0.15) is 9.49 Å². The number of anilines is 7. The molecule has 0 aliphatic rings. The zero-order valence-corrected chi connectivity index (χ0v) is 67.0. The Kier molecular flexibility index (Phi) is 37.3. The number of nitro groups is 2. The van der Waals surface area contributed by atoms with E-state index in [2.05, 4.69) is 50.3 Å². The molecule has 15 aromatic rings. The molecule has 650 valence electrons. The number of amides is 1. The molecule has 0 atom stereocenters. The second kappa shape index (κ2) is 48.7. The van der Waals surface area contributed by atoms with E-state index in [0.29, 0.717) is 74.8 Å². The number of aromatic carboxylic acids is 4. The number of nitrogens with two attached hydrogens (primary N) is 3. The van der Waals surface area contributed by atoms with Gasteiger partial charge < -0.3 is 72.9 Å². The van der Waals surface area contributed by atoms with Crippen molar-refractivity contribution in [2.24, 2.45) is 5.73 Å². The van der Waals surface area contributed by atoms with Gasteiger partial charge in [0.05, 0.1) is 82.6 Å². The fraction of sp³-hybridized carbons (Fsp3) is 0.0787. The number of hydrogen-bond donors (Lipinski definition) is 12. The van der Waals surface area contributed by atoms with Gasteiger partial charge in [0.2, 0.25) is 5.82 Å². The third-order valence-electron chi connectivity index (χ3n) is 16.5. The second-order valence-corrected chi connectivity index (χ2v) is 25.3. The van der Waals surface area contributed by atoms with Crippen LogP contribution in [0.2, 0.25) is 0 Å². The third-order valence-corrected chi connectivity index (χ3v) is 16.5. The van der Waals surface area contributed by atoms with Crippen molar-refractivity contribution < 1.29 is 99.9 Å². The second-order valence-electron chi connectivity index (χ2n) is 25.3. The number of H-pyrrole nitrogens is 1. The summed E-state index contributed by atoms with van der Waals surface area (Å²) in [6.45, 7) is 2.06. The topological polar surface area (TPSA) is 479 Å². The van der Waals surface area contributed by atoms with Gasteiger partial charge in [0.1, 0.15) is 47.4 Å². The van der Waals surface area contributed by atoms with E-state index in [1.165, 1.54) is 136 Å². The number of benzene rings is 12. The maximum absolute atomic E-state index is 13.6. The van der Waals surface area contributed by atoms with E-state index >= 15 is 0 Å². The molecule has 126 heavy (non-hydrogen) atoms. The van der Waals surface area contributed by atoms with Crippen LogP contribution in [0, 0.1) is 55.1 Å². The Morgan fingerprint density at radius 2 is 0.873 bits per heavy atom. The molecule has 3 heterocycles. The molecular formula is C89H80F6N14O17. The van der Waals surface area contributed by atoms with Gasteiger partial charge in [-0.05, 0) is 188 Å². The minimum atomic E-state index is -1.33. The van der Waals surface area contributed by atoms with Gasteiger partial charge in [0.15, 0.2) is 5.82 Å². The number of aromatic amines is 1. The van der Waals surface area contributed by atoms with Crippen LogP contribution in [0.5, 0.6) is 0 Å². The number of aromatic nitrogens is 6. The monoisotopic (exact) mass is 1730 g/mol. The van der Waals surface area contributed by atoms with Crippen molar-refractivity contribution >= 4 is 103 Å². The first-order valence-electron chi connectivity index (χ1n) is 36.8. The molecule has 0 unspecified atom stereocenters. The molecule has 0 radical (unpaired) electrons. The quantitative estimate of drug-likeness (QED) is 0.0118. The van der Waals surface area contributed by atoms with Crippen molar-refractivity contribution in [2.45, 2.75) is 19.9 Å². The lowest BCUT2D eigenvalue weighted by molar-refractivity contribution is -0.387. The smallest absolute Gasteiger partial charge is 0.335 e. The number of aliphatic hydroxyl groups excluding tert-OH is 1. The molecule has 1 amide bonds. The molecule has 37 heteroatoms. The first kappa shape index (κ1) is 96.6. The van der Waals surface area contributed by atoms with E-state index in [-0.39, 0.29) is 63.7 Å². The highest BCUT2D eigenvalue weighted by Crippen LogP contribution is 2.31. The van der Waals surface area contributed by atoms with Crippen molar-refractivity contribution in [3.8, 4) is 22.6 Å². The lowest BCUT2D eigenvalue weighted by Gasteiger charge is -2.09. The number of nitro benzene ring substituents is 2. The number of methoxy groups -OCH3 is 3. The number of halogens is 6. The molecule has 0 aliphatic heterocycles. The molecular weight excluding hydrogens is 1650 g/mol. The summed E-state index contributed by atoms with van der Waals surface area (Å²) in [7, 11) is 4.53. The molecule has 0 aliphatic carbocycles. The van der Waals surface area contributed by atoms with Crippen LogP contribution in [0.1, 0.15) is 64.3 Å². The maximum atomic E-state index is 13.6. The summed E-state index contributed by atoms with van der Waals surface area (Å²) < 4.78 is 94.8. The number of imidazole rings is 2. The Morgan fingerprint density at radius 3 is 1.29 bits per heavy atom. The van der Waals surface area contributed by atoms with Crippen LogP contribution in [0.3, 0.4) is 0 Å². The van der Waals surface area contributed by atoms with Gasteiger partial charge in [-0.3, -0.25) is 39.3 Å². The molecule has 0 saturated carbocycles. The van der Waals surface area contributed by atoms with Crippen LogP contribution in [-0.2, 0) is 20.8 Å². The minimum Gasteiger partial charge on any atom is -0.478 e. The number of carbonyl (C=O) groups is 5. The van der Waals surface area contributed by atoms with Crippen LogP contribution < -0.4 is 33.2 Å². The number of carboxylic acids is 4. The van der Waals surface area contributed by atoms with Gasteiger partial charge >= 0.3 is 29.6 Å². The zero-order valence-electron chi connectivity index (χ0n) is 67.0. The summed E-state index contributed by atoms with van der Waals surface area (Å²) in [5, 5.41) is 79.1. The van der Waals surface area contributed by atoms with Crippen molar-refractivity contribution in [2.75, 3.05) is 55.4 Å². The average molecular weight is 1730 g/mol. The number of rotatable bonds is 19. The summed E-state index contributed by atoms with van der Waals surface area (Å²) in [4.78, 5) is 83.4. The number of hydrogen-bond acceptors (Lipinski definition) is 21. The van der Waals surface area contributed by atoms with E-state index in [4.69, 9.17) is 42.7 Å². The largest absolute Gasteiger partial charge is 0.478 e. The Labute approximate surface area is 713 Å². The van der Waals surface area contributed by atoms with Gasteiger partial charge in [0.25, 0.3) is 18.1 Å². The van der Waals surface area contributed by atoms with Crippen LogP contribution >= 0.6 is 0 Å². The van der Waals surface area contributed by atoms with Crippen LogP contribution in [-0.4, -0.2) is 129 Å². The summed E-state index contributed by atoms with van der Waals surface area (Å²) in [6, 6.07) is 71.1. The van der Waals surface area contributed by atoms with Crippen molar-refractivity contribution in [1.82, 2.24) is 29.3 Å². The van der Waals surface area contributed by atoms with E-state index in [0.717, 1.165) is 40.5 Å². The van der Waals surface area contributed by atoms with Crippen LogP contribution in [0.4, 0.5) is 77.7 Å². The summed E-state index contributed by atoms with van der Waals surface area (Å²) in [5.41, 5.74) is 24.6. The van der Waals surface area contributed by atoms with Crippen LogP contribution in [0.25, 0.3) is 44.7 Å². The number of nitrogens with zero attached hydrogens (tertiary/aromatic N) is 7. The minimum absolute atomic E-state index is 0.0885. The molecule has 31 nitrogen and oxygen atoms in total. The molecule has 12 aromatic carbocycles. The first-order valence-corrected chi connectivity index (χ1v) is 36.8. The number of nitrogen functional groups attached to an aromatic ring is 2. The van der Waals surface area contributed by atoms with E-state index < -0.39 is 63.2 Å². The molecule has 0 saturated heterocycles. The Morgan fingerprint density at radius 1 is 0.468 bits per heavy atom. The lowest BCUT2D eigenvalue weighted by atomic mass is 10.1.